The molecule has 2 saturated heterocycles. The second kappa shape index (κ2) is 9.86. The molecule has 0 spiro atoms. The average Bonchev–Trinajstić information content (AvgIpc) is 3.27. The number of hydrogen-bond donors (Lipinski definition) is 1. The topological polar surface area (TPSA) is 41.6 Å². The molecule has 6 heteroatoms. The molecule has 1 aromatic heterocycles. The molecule has 0 aliphatic carbocycles. The van der Waals surface area contributed by atoms with E-state index in [2.05, 4.69) is 10.2 Å². The molecule has 2 aromatic rings. The van der Waals surface area contributed by atoms with E-state index in [0.29, 0.717) is 6.54 Å². The summed E-state index contributed by atoms with van der Waals surface area (Å²) in [5.74, 6) is -0.298. The van der Waals surface area contributed by atoms with Gasteiger partial charge in [0, 0.05) is 41.1 Å². The quantitative estimate of drug-likeness (QED) is 0.677. The summed E-state index contributed by atoms with van der Waals surface area (Å²) in [7, 11) is 0. The molecular weight excluding hydrogens is 399 g/mol. The number of hydrogen-bond acceptors (Lipinski definition) is 4. The summed E-state index contributed by atoms with van der Waals surface area (Å²) >= 11 is 1.59. The Morgan fingerprint density at radius 1 is 1.10 bits per heavy atom. The molecule has 30 heavy (non-hydrogen) atoms. The van der Waals surface area contributed by atoms with Gasteiger partial charge in [0.1, 0.15) is 5.82 Å². The van der Waals surface area contributed by atoms with Crippen molar-refractivity contribution in [3.05, 3.63) is 53.2 Å². The molecule has 0 unspecified atom stereocenters. The lowest BCUT2D eigenvalue weighted by Crippen LogP contribution is -2.59. The summed E-state index contributed by atoms with van der Waals surface area (Å²) < 4.78 is 18.7. The molecule has 2 fully saturated rings. The number of nitrogens with zero attached hydrogens (tertiary/aromatic N) is 1. The lowest BCUT2D eigenvalue weighted by molar-refractivity contribution is -0.118. The fraction of sp³-hybridized carbons (Fsp3) is 0.458. The molecule has 0 saturated carbocycles. The van der Waals surface area contributed by atoms with Gasteiger partial charge in [-0.05, 0) is 74.7 Å². The second-order valence-corrected chi connectivity index (χ2v) is 9.26. The molecule has 1 N–H and O–H groups in total. The fourth-order valence-corrected chi connectivity index (χ4v) is 5.32. The van der Waals surface area contributed by atoms with Gasteiger partial charge in [0.2, 0.25) is 5.91 Å². The van der Waals surface area contributed by atoms with Crippen LogP contribution in [0.25, 0.3) is 16.5 Å². The van der Waals surface area contributed by atoms with Crippen LogP contribution in [-0.4, -0.2) is 49.2 Å². The van der Waals surface area contributed by atoms with E-state index in [0.717, 1.165) is 54.5 Å². The van der Waals surface area contributed by atoms with E-state index < -0.39 is 0 Å². The van der Waals surface area contributed by atoms with Crippen molar-refractivity contribution in [3.63, 3.8) is 0 Å². The highest BCUT2D eigenvalue weighted by atomic mass is 32.1. The van der Waals surface area contributed by atoms with E-state index in [-0.39, 0.29) is 17.3 Å². The fourth-order valence-electron chi connectivity index (χ4n) is 4.40. The van der Waals surface area contributed by atoms with Gasteiger partial charge >= 0.3 is 0 Å². The molecule has 3 heterocycles. The van der Waals surface area contributed by atoms with Crippen molar-refractivity contribution in [2.45, 2.75) is 37.6 Å². The Labute approximate surface area is 181 Å². The van der Waals surface area contributed by atoms with E-state index in [9.17, 15) is 9.18 Å². The summed E-state index contributed by atoms with van der Waals surface area (Å²) in [5.41, 5.74) is 1.01. The number of piperidine rings is 1. The third-order valence-corrected chi connectivity index (χ3v) is 7.30. The van der Waals surface area contributed by atoms with Crippen molar-refractivity contribution in [2.24, 2.45) is 0 Å². The van der Waals surface area contributed by atoms with Gasteiger partial charge in [0.15, 0.2) is 0 Å². The molecule has 0 atom stereocenters. The Hall–Kier alpha value is -2.02. The largest absolute Gasteiger partial charge is 0.381 e. The number of carbonyl (C=O) groups excluding carboxylic acids is 1. The molecule has 0 bridgehead atoms. The van der Waals surface area contributed by atoms with Crippen LogP contribution in [0.2, 0.25) is 0 Å². The Bertz CT molecular complexity index is 866. The standard InChI is InChI=1S/C24H29FN2O2S/c25-20-6-4-19(5-7-20)22-10-8-21(30-22)9-11-23(28)26-18-24(12-16-29-17-13-24)27-14-2-1-3-15-27/h4-11H,1-3,12-18H2,(H,26,28)/b11-9+. The number of rotatable bonds is 6. The highest BCUT2D eigenvalue weighted by Crippen LogP contribution is 2.31. The van der Waals surface area contributed by atoms with E-state index in [1.165, 1.54) is 31.4 Å². The highest BCUT2D eigenvalue weighted by Gasteiger charge is 2.38. The maximum Gasteiger partial charge on any atom is 0.244 e. The Morgan fingerprint density at radius 3 is 2.57 bits per heavy atom. The van der Waals surface area contributed by atoms with Gasteiger partial charge in [-0.25, -0.2) is 4.39 Å². The average molecular weight is 429 g/mol. The van der Waals surface area contributed by atoms with Gasteiger partial charge in [0.25, 0.3) is 0 Å². The molecule has 4 nitrogen and oxygen atoms in total. The molecule has 4 rings (SSSR count). The van der Waals surface area contributed by atoms with E-state index >= 15 is 0 Å². The first-order valence-electron chi connectivity index (χ1n) is 10.8. The first-order chi connectivity index (χ1) is 14.6. The maximum atomic E-state index is 13.1. The summed E-state index contributed by atoms with van der Waals surface area (Å²) in [4.78, 5) is 17.2. The van der Waals surface area contributed by atoms with Crippen LogP contribution in [0.3, 0.4) is 0 Å². The van der Waals surface area contributed by atoms with Crippen molar-refractivity contribution < 1.29 is 13.9 Å². The van der Waals surface area contributed by atoms with Gasteiger partial charge in [0.05, 0.1) is 0 Å². The van der Waals surface area contributed by atoms with Crippen molar-refractivity contribution in [2.75, 3.05) is 32.8 Å². The summed E-state index contributed by atoms with van der Waals surface area (Å²) in [6, 6.07) is 10.5. The van der Waals surface area contributed by atoms with Crippen LogP contribution in [0.5, 0.6) is 0 Å². The first kappa shape index (κ1) is 21.2. The van der Waals surface area contributed by atoms with Gasteiger partial charge in [-0.1, -0.05) is 18.6 Å². The molecule has 2 aliphatic rings. The van der Waals surface area contributed by atoms with Crippen molar-refractivity contribution in [3.8, 4) is 10.4 Å². The number of ether oxygens (including phenoxy) is 1. The smallest absolute Gasteiger partial charge is 0.244 e. The number of benzene rings is 1. The van der Waals surface area contributed by atoms with Crippen molar-refractivity contribution in [1.82, 2.24) is 10.2 Å². The van der Waals surface area contributed by atoms with Crippen LogP contribution in [-0.2, 0) is 9.53 Å². The van der Waals surface area contributed by atoms with E-state index in [1.54, 1.807) is 29.5 Å². The Morgan fingerprint density at radius 2 is 1.83 bits per heavy atom. The third-order valence-electron chi connectivity index (χ3n) is 6.20. The molecule has 160 valence electrons. The van der Waals surface area contributed by atoms with Crippen LogP contribution in [0.4, 0.5) is 4.39 Å². The maximum absolute atomic E-state index is 13.1. The molecule has 1 aromatic carbocycles. The van der Waals surface area contributed by atoms with Gasteiger partial charge in [-0.15, -0.1) is 11.3 Å². The monoisotopic (exact) mass is 428 g/mol. The first-order valence-corrected chi connectivity index (χ1v) is 11.6. The zero-order valence-corrected chi connectivity index (χ0v) is 18.1. The predicted molar refractivity (Wildman–Crippen MR) is 120 cm³/mol. The zero-order chi connectivity index (χ0) is 20.8. The molecule has 1 amide bonds. The summed E-state index contributed by atoms with van der Waals surface area (Å²) in [5, 5.41) is 3.15. The molecular formula is C24H29FN2O2S. The lowest BCUT2D eigenvalue weighted by atomic mass is 9.86. The normalized spacial score (nSPS) is 19.8. The number of amides is 1. The van der Waals surface area contributed by atoms with E-state index in [1.807, 2.05) is 18.2 Å². The Kier molecular flexibility index (Phi) is 6.97. The number of likely N-dealkylation sites (tertiary alicyclic amines) is 1. The number of thiophene rings is 1. The number of carbonyl (C=O) groups is 1. The van der Waals surface area contributed by atoms with Crippen LogP contribution < -0.4 is 5.32 Å². The summed E-state index contributed by atoms with van der Waals surface area (Å²) in [6.45, 7) is 4.44. The lowest BCUT2D eigenvalue weighted by Gasteiger charge is -2.48. The van der Waals surface area contributed by atoms with Crippen molar-refractivity contribution in [1.29, 1.82) is 0 Å². The second-order valence-electron chi connectivity index (χ2n) is 8.14. The minimum absolute atomic E-state index is 0.0286. The number of nitrogens with one attached hydrogen (secondary N) is 1. The SMILES string of the molecule is O=C(/C=C/c1ccc(-c2ccc(F)cc2)s1)NCC1(N2CCCCC2)CCOCC1. The minimum Gasteiger partial charge on any atom is -0.381 e. The molecule has 0 radical (unpaired) electrons. The zero-order valence-electron chi connectivity index (χ0n) is 17.2. The molecule has 2 aliphatic heterocycles. The van der Waals surface area contributed by atoms with Gasteiger partial charge in [-0.3, -0.25) is 9.69 Å². The predicted octanol–water partition coefficient (Wildman–Crippen LogP) is 4.72. The van der Waals surface area contributed by atoms with Gasteiger partial charge < -0.3 is 10.1 Å². The van der Waals surface area contributed by atoms with Crippen molar-refractivity contribution >= 4 is 23.3 Å². The summed E-state index contributed by atoms with van der Waals surface area (Å²) in [6.07, 6.45) is 9.20. The van der Waals surface area contributed by atoms with Crippen LogP contribution in [0, 0.1) is 5.82 Å². The highest BCUT2D eigenvalue weighted by molar-refractivity contribution is 7.16. The van der Waals surface area contributed by atoms with Crippen LogP contribution in [0.1, 0.15) is 37.0 Å². The van der Waals surface area contributed by atoms with Crippen LogP contribution >= 0.6 is 11.3 Å². The third kappa shape index (κ3) is 5.17. The van der Waals surface area contributed by atoms with E-state index in [4.69, 9.17) is 4.74 Å². The minimum atomic E-state index is -0.237. The van der Waals surface area contributed by atoms with Crippen LogP contribution in [0.15, 0.2) is 42.5 Å². The number of halogens is 1. The van der Waals surface area contributed by atoms with Gasteiger partial charge in [-0.2, -0.15) is 0 Å². The Balaban J connectivity index is 1.35.